The van der Waals surface area contributed by atoms with Crippen molar-refractivity contribution in [3.05, 3.63) is 59.1 Å². The molecule has 0 fully saturated rings. The van der Waals surface area contributed by atoms with Gasteiger partial charge in [0.1, 0.15) is 5.01 Å². The van der Waals surface area contributed by atoms with Crippen molar-refractivity contribution >= 4 is 49.7 Å². The first-order valence-electron chi connectivity index (χ1n) is 8.27. The smallest absolute Gasteiger partial charge is 0.257 e. The maximum atomic E-state index is 12.4. The summed E-state index contributed by atoms with van der Waals surface area (Å²) in [6.45, 7) is 1.58. The molecule has 0 aliphatic heterocycles. The first-order valence-corrected chi connectivity index (χ1v) is 11.1. The van der Waals surface area contributed by atoms with Gasteiger partial charge in [-0.15, -0.1) is 10.2 Å². The largest absolute Gasteiger partial charge is 0.296 e. The van der Waals surface area contributed by atoms with Crippen LogP contribution in [0.15, 0.2) is 48.5 Å². The van der Waals surface area contributed by atoms with E-state index in [1.165, 1.54) is 22.7 Å². The van der Waals surface area contributed by atoms with E-state index in [0.717, 1.165) is 5.56 Å². The van der Waals surface area contributed by atoms with Crippen molar-refractivity contribution in [2.45, 2.75) is 6.92 Å². The number of aromatic nitrogens is 2. The number of rotatable bonds is 6. The zero-order chi connectivity index (χ0) is 20.3. The number of carbonyl (C=O) groups excluding carboxylic acids is 1. The van der Waals surface area contributed by atoms with Crippen molar-refractivity contribution in [3.8, 4) is 10.6 Å². The van der Waals surface area contributed by atoms with Gasteiger partial charge in [-0.2, -0.15) is 0 Å². The van der Waals surface area contributed by atoms with E-state index >= 15 is 0 Å². The van der Waals surface area contributed by atoms with Crippen LogP contribution in [0.3, 0.4) is 0 Å². The van der Waals surface area contributed by atoms with E-state index in [9.17, 15) is 13.2 Å². The minimum atomic E-state index is -3.35. The summed E-state index contributed by atoms with van der Waals surface area (Å²) in [5.74, 6) is -0.356. The van der Waals surface area contributed by atoms with Gasteiger partial charge in [0.2, 0.25) is 15.2 Å². The highest BCUT2D eigenvalue weighted by molar-refractivity contribution is 7.92. The van der Waals surface area contributed by atoms with Crippen molar-refractivity contribution in [2.24, 2.45) is 0 Å². The van der Waals surface area contributed by atoms with E-state index in [-0.39, 0.29) is 11.7 Å². The molecule has 1 heterocycles. The van der Waals surface area contributed by atoms with Crippen LogP contribution in [-0.2, 0) is 10.0 Å². The lowest BCUT2D eigenvalue weighted by atomic mass is 10.2. The Labute approximate surface area is 172 Å². The predicted molar refractivity (Wildman–Crippen MR) is 113 cm³/mol. The van der Waals surface area contributed by atoms with Gasteiger partial charge in [-0.25, -0.2) is 8.42 Å². The molecule has 10 heteroatoms. The summed E-state index contributed by atoms with van der Waals surface area (Å²) in [5.41, 5.74) is 1.72. The Kier molecular flexibility index (Phi) is 5.97. The fourth-order valence-corrected chi connectivity index (χ4v) is 4.03. The molecule has 7 nitrogen and oxygen atoms in total. The molecule has 3 aromatic rings. The molecule has 3 rings (SSSR count). The normalized spacial score (nSPS) is 11.2. The summed E-state index contributed by atoms with van der Waals surface area (Å²) in [7, 11) is -1.87. The van der Waals surface area contributed by atoms with E-state index in [4.69, 9.17) is 11.6 Å². The monoisotopic (exact) mass is 436 g/mol. The number of halogens is 1. The zero-order valence-corrected chi connectivity index (χ0v) is 17.5. The van der Waals surface area contributed by atoms with Crippen LogP contribution in [0.5, 0.6) is 0 Å². The summed E-state index contributed by atoms with van der Waals surface area (Å²) < 4.78 is 25.0. The lowest BCUT2D eigenvalue weighted by Gasteiger charge is -2.18. The maximum absolute atomic E-state index is 12.4. The average Bonchev–Trinajstić information content (AvgIpc) is 3.16. The molecule has 0 radical (unpaired) electrons. The third kappa shape index (κ3) is 4.49. The Morgan fingerprint density at radius 2 is 1.75 bits per heavy atom. The number of nitrogens with zero attached hydrogens (tertiary/aromatic N) is 3. The minimum absolute atomic E-state index is 0.00125. The maximum Gasteiger partial charge on any atom is 0.257 e. The van der Waals surface area contributed by atoms with Crippen molar-refractivity contribution in [1.29, 1.82) is 0 Å². The Balaban J connectivity index is 1.71. The number of carbonyl (C=O) groups is 1. The van der Waals surface area contributed by atoms with Gasteiger partial charge in [0.05, 0.1) is 11.4 Å². The van der Waals surface area contributed by atoms with Gasteiger partial charge in [0, 0.05) is 23.2 Å². The van der Waals surface area contributed by atoms with Crippen molar-refractivity contribution in [1.82, 2.24) is 10.2 Å². The van der Waals surface area contributed by atoms with Crippen LogP contribution in [0.1, 0.15) is 17.3 Å². The molecule has 28 heavy (non-hydrogen) atoms. The van der Waals surface area contributed by atoms with E-state index < -0.39 is 10.0 Å². The summed E-state index contributed by atoms with van der Waals surface area (Å²) in [6.07, 6.45) is 0. The molecule has 1 amide bonds. The van der Waals surface area contributed by atoms with Crippen LogP contribution in [0.2, 0.25) is 5.02 Å². The molecule has 0 atom stereocenters. The number of hydrogen-bond acceptors (Lipinski definition) is 6. The Bertz CT molecular complexity index is 1080. The van der Waals surface area contributed by atoms with Gasteiger partial charge < -0.3 is 0 Å². The zero-order valence-electron chi connectivity index (χ0n) is 15.1. The summed E-state index contributed by atoms with van der Waals surface area (Å²) in [4.78, 5) is 12.4. The second-order valence-corrected chi connectivity index (χ2v) is 9.49. The molecule has 146 valence electrons. The van der Waals surface area contributed by atoms with Crippen LogP contribution < -0.4 is 9.62 Å². The van der Waals surface area contributed by atoms with Crippen LogP contribution in [0, 0.1) is 0 Å². The molecule has 0 saturated heterocycles. The topological polar surface area (TPSA) is 92.3 Å². The third-order valence-electron chi connectivity index (χ3n) is 4.01. The summed E-state index contributed by atoms with van der Waals surface area (Å²) >= 11 is 7.12. The quantitative estimate of drug-likeness (QED) is 0.632. The number of hydrogen-bond donors (Lipinski definition) is 1. The molecule has 0 bridgehead atoms. The van der Waals surface area contributed by atoms with Crippen LogP contribution in [0.4, 0.5) is 10.8 Å². The van der Waals surface area contributed by atoms with Crippen LogP contribution in [0.25, 0.3) is 10.6 Å². The number of benzene rings is 2. The lowest BCUT2D eigenvalue weighted by Crippen LogP contribution is -2.28. The van der Waals surface area contributed by atoms with Gasteiger partial charge in [-0.05, 0) is 43.3 Å². The van der Waals surface area contributed by atoms with E-state index in [1.54, 1.807) is 43.3 Å². The highest BCUT2D eigenvalue weighted by Gasteiger charge is 2.17. The van der Waals surface area contributed by atoms with Crippen molar-refractivity contribution in [2.75, 3.05) is 22.4 Å². The van der Waals surface area contributed by atoms with Crippen LogP contribution >= 0.6 is 22.9 Å². The Morgan fingerprint density at radius 3 is 2.36 bits per heavy atom. The van der Waals surface area contributed by atoms with Gasteiger partial charge in [0.15, 0.2) is 0 Å². The first-order chi connectivity index (χ1) is 13.3. The average molecular weight is 437 g/mol. The molecular formula is C18H17ClN4O3S2. The van der Waals surface area contributed by atoms with Crippen LogP contribution in [-0.4, -0.2) is 37.3 Å². The SMILES string of the molecule is CCS(=O)(=O)N(C)c1ccc(C(=O)Nc2nnc(-c3ccc(Cl)cc3)s2)cc1. The van der Waals surface area contributed by atoms with Crippen molar-refractivity contribution in [3.63, 3.8) is 0 Å². The number of anilines is 2. The highest BCUT2D eigenvalue weighted by Crippen LogP contribution is 2.27. The number of nitrogens with one attached hydrogen (secondary N) is 1. The minimum Gasteiger partial charge on any atom is -0.296 e. The lowest BCUT2D eigenvalue weighted by molar-refractivity contribution is 0.102. The van der Waals surface area contributed by atoms with Gasteiger partial charge in [-0.1, -0.05) is 35.1 Å². The standard InChI is InChI=1S/C18H17ClN4O3S2/c1-3-28(25,26)23(2)15-10-6-12(7-11-15)16(24)20-18-22-21-17(27-18)13-4-8-14(19)9-5-13/h4-11H,3H2,1-2H3,(H,20,22,24). The predicted octanol–water partition coefficient (Wildman–Crippen LogP) is 3.90. The second-order valence-electron chi connectivity index (χ2n) is 5.79. The van der Waals surface area contributed by atoms with E-state index in [0.29, 0.717) is 26.4 Å². The summed E-state index contributed by atoms with van der Waals surface area (Å²) in [6, 6.07) is 13.5. The van der Waals surface area contributed by atoms with E-state index in [1.807, 2.05) is 12.1 Å². The van der Waals surface area contributed by atoms with Crippen molar-refractivity contribution < 1.29 is 13.2 Å². The molecule has 2 aromatic carbocycles. The first kappa shape index (κ1) is 20.2. The molecule has 0 unspecified atom stereocenters. The Morgan fingerprint density at radius 1 is 1.11 bits per heavy atom. The highest BCUT2D eigenvalue weighted by atomic mass is 35.5. The molecular weight excluding hydrogens is 420 g/mol. The number of amides is 1. The molecule has 0 saturated carbocycles. The number of sulfonamides is 1. The molecule has 0 aliphatic carbocycles. The molecule has 0 aliphatic rings. The molecule has 0 spiro atoms. The Hall–Kier alpha value is -2.49. The summed E-state index contributed by atoms with van der Waals surface area (Å²) in [5, 5.41) is 12.4. The van der Waals surface area contributed by atoms with Gasteiger partial charge in [-0.3, -0.25) is 14.4 Å². The van der Waals surface area contributed by atoms with Gasteiger partial charge in [0.25, 0.3) is 5.91 Å². The fraction of sp³-hybridized carbons (Fsp3) is 0.167. The molecule has 1 aromatic heterocycles. The third-order valence-corrected chi connectivity index (χ3v) is 6.93. The van der Waals surface area contributed by atoms with E-state index in [2.05, 4.69) is 15.5 Å². The van der Waals surface area contributed by atoms with Gasteiger partial charge >= 0.3 is 0 Å². The molecule has 1 N–H and O–H groups in total. The second kappa shape index (κ2) is 8.26. The fourth-order valence-electron chi connectivity index (χ4n) is 2.33.